The molecule has 166 valence electrons. The van der Waals surface area contributed by atoms with E-state index in [9.17, 15) is 4.39 Å². The summed E-state index contributed by atoms with van der Waals surface area (Å²) in [6, 6.07) is 19.4. The van der Waals surface area contributed by atoms with Gasteiger partial charge in [0, 0.05) is 30.0 Å². The van der Waals surface area contributed by atoms with E-state index in [-0.39, 0.29) is 30.6 Å². The zero-order chi connectivity index (χ0) is 20.1. The van der Waals surface area contributed by atoms with Crippen LogP contribution < -0.4 is 15.0 Å². The maximum absolute atomic E-state index is 13.3. The fraction of sp³-hybridized carbons (Fsp3) is 0.292. The highest BCUT2D eigenvalue weighted by Crippen LogP contribution is 2.27. The molecule has 0 saturated carbocycles. The summed E-state index contributed by atoms with van der Waals surface area (Å²) in [5.41, 5.74) is 4.17. The molecule has 0 atom stereocenters. The van der Waals surface area contributed by atoms with Gasteiger partial charge in [-0.2, -0.15) is 0 Å². The minimum absolute atomic E-state index is 0. The summed E-state index contributed by atoms with van der Waals surface area (Å²) in [4.78, 5) is 6.96. The van der Waals surface area contributed by atoms with Gasteiger partial charge in [0.05, 0.1) is 12.8 Å². The van der Waals surface area contributed by atoms with Crippen molar-refractivity contribution in [1.82, 2.24) is 10.3 Å². The molecule has 2 aromatic carbocycles. The average Bonchev–Trinajstić information content (AvgIpc) is 2.79. The van der Waals surface area contributed by atoms with Crippen LogP contribution in [-0.4, -0.2) is 31.2 Å². The summed E-state index contributed by atoms with van der Waals surface area (Å²) >= 11 is 0. The van der Waals surface area contributed by atoms with Gasteiger partial charge in [0.25, 0.3) is 0 Å². The molecule has 1 aliphatic rings. The standard InChI is InChI=1S/C24H26FN3O.2ClH/c1-29-23-8-6-21(7-9-23)28(22-11-13-26-14-12-22)17-18-10-15-27-24(16-18)19-2-4-20(25)5-3-19;;/h2-10,15-16,22,26H,11-14,17H2,1H3;2*1H. The zero-order valence-electron chi connectivity index (χ0n) is 17.5. The molecule has 4 nitrogen and oxygen atoms in total. The van der Waals surface area contributed by atoms with Gasteiger partial charge in [0.2, 0.25) is 0 Å². The minimum Gasteiger partial charge on any atom is -0.497 e. The number of rotatable bonds is 6. The van der Waals surface area contributed by atoms with Crippen LogP contribution in [0.1, 0.15) is 18.4 Å². The molecule has 2 heterocycles. The van der Waals surface area contributed by atoms with Crippen molar-refractivity contribution in [3.63, 3.8) is 0 Å². The second-order valence-electron chi connectivity index (χ2n) is 7.36. The zero-order valence-corrected chi connectivity index (χ0v) is 19.1. The summed E-state index contributed by atoms with van der Waals surface area (Å²) < 4.78 is 18.6. The van der Waals surface area contributed by atoms with Crippen molar-refractivity contribution < 1.29 is 9.13 Å². The Hall–Kier alpha value is -2.34. The van der Waals surface area contributed by atoms with Gasteiger partial charge in [0.15, 0.2) is 0 Å². The Kier molecular flexibility index (Phi) is 9.56. The number of nitrogens with one attached hydrogen (secondary N) is 1. The van der Waals surface area contributed by atoms with E-state index in [2.05, 4.69) is 39.5 Å². The second kappa shape index (κ2) is 11.9. The van der Waals surface area contributed by atoms with Crippen LogP contribution in [0.3, 0.4) is 0 Å². The number of anilines is 1. The predicted octanol–water partition coefficient (Wildman–Crippen LogP) is 5.50. The van der Waals surface area contributed by atoms with E-state index in [1.807, 2.05) is 18.3 Å². The van der Waals surface area contributed by atoms with Crippen LogP contribution in [0.2, 0.25) is 0 Å². The van der Waals surface area contributed by atoms with Gasteiger partial charge in [-0.15, -0.1) is 24.8 Å². The number of nitrogens with zero attached hydrogens (tertiary/aromatic N) is 2. The topological polar surface area (TPSA) is 37.4 Å². The van der Waals surface area contributed by atoms with Crippen LogP contribution in [0.25, 0.3) is 11.3 Å². The molecule has 4 rings (SSSR count). The first kappa shape index (κ1) is 24.9. The monoisotopic (exact) mass is 463 g/mol. The van der Waals surface area contributed by atoms with E-state index < -0.39 is 0 Å². The number of aromatic nitrogens is 1. The number of pyridine rings is 1. The van der Waals surface area contributed by atoms with E-state index >= 15 is 0 Å². The van der Waals surface area contributed by atoms with Crippen LogP contribution in [0, 0.1) is 5.82 Å². The Bertz CT molecular complexity index is 932. The van der Waals surface area contributed by atoms with Crippen LogP contribution in [0.15, 0.2) is 66.9 Å². The molecule has 0 radical (unpaired) electrons. The van der Waals surface area contributed by atoms with Gasteiger partial charge in [0.1, 0.15) is 11.6 Å². The smallest absolute Gasteiger partial charge is 0.123 e. The third-order valence-electron chi connectivity index (χ3n) is 5.47. The van der Waals surface area contributed by atoms with Crippen molar-refractivity contribution in [1.29, 1.82) is 0 Å². The fourth-order valence-corrected chi connectivity index (χ4v) is 3.87. The van der Waals surface area contributed by atoms with E-state index in [4.69, 9.17) is 4.74 Å². The van der Waals surface area contributed by atoms with E-state index in [0.29, 0.717) is 6.04 Å². The first-order chi connectivity index (χ1) is 14.2. The second-order valence-corrected chi connectivity index (χ2v) is 7.36. The van der Waals surface area contributed by atoms with E-state index in [1.54, 1.807) is 19.2 Å². The summed E-state index contributed by atoms with van der Waals surface area (Å²) in [5.74, 6) is 0.628. The third kappa shape index (κ3) is 6.33. The molecule has 0 aliphatic carbocycles. The lowest BCUT2D eigenvalue weighted by Gasteiger charge is -2.36. The number of hydrogen-bond acceptors (Lipinski definition) is 4. The van der Waals surface area contributed by atoms with Crippen LogP contribution >= 0.6 is 24.8 Å². The lowest BCUT2D eigenvalue weighted by molar-refractivity contribution is 0.413. The molecule has 0 unspecified atom stereocenters. The van der Waals surface area contributed by atoms with Crippen LogP contribution in [0.5, 0.6) is 5.75 Å². The highest BCUT2D eigenvalue weighted by atomic mass is 35.5. The molecule has 0 amide bonds. The predicted molar refractivity (Wildman–Crippen MR) is 129 cm³/mol. The quantitative estimate of drug-likeness (QED) is 0.523. The average molecular weight is 464 g/mol. The maximum atomic E-state index is 13.3. The molecule has 31 heavy (non-hydrogen) atoms. The molecule has 1 saturated heterocycles. The maximum Gasteiger partial charge on any atom is 0.123 e. The van der Waals surface area contributed by atoms with Crippen molar-refractivity contribution in [3.05, 3.63) is 78.2 Å². The summed E-state index contributed by atoms with van der Waals surface area (Å²) in [7, 11) is 1.69. The molecule has 1 aliphatic heterocycles. The first-order valence-corrected chi connectivity index (χ1v) is 10.1. The van der Waals surface area contributed by atoms with E-state index in [1.165, 1.54) is 23.4 Å². The molecule has 3 aromatic rings. The highest BCUT2D eigenvalue weighted by molar-refractivity contribution is 5.85. The molecular weight excluding hydrogens is 436 g/mol. The Morgan fingerprint density at radius 1 is 1.00 bits per heavy atom. The Labute approximate surface area is 195 Å². The van der Waals surface area contributed by atoms with Crippen LogP contribution in [-0.2, 0) is 6.54 Å². The van der Waals surface area contributed by atoms with Gasteiger partial charge in [-0.05, 0) is 92.2 Å². The molecule has 1 fully saturated rings. The molecule has 0 spiro atoms. The Balaban J connectivity index is 0.00000171. The Morgan fingerprint density at radius 3 is 2.32 bits per heavy atom. The number of benzene rings is 2. The highest BCUT2D eigenvalue weighted by Gasteiger charge is 2.22. The van der Waals surface area contributed by atoms with Crippen molar-refractivity contribution in [2.45, 2.75) is 25.4 Å². The lowest BCUT2D eigenvalue weighted by Crippen LogP contribution is -2.43. The van der Waals surface area contributed by atoms with Gasteiger partial charge in [-0.25, -0.2) is 4.39 Å². The number of hydrogen-bond donors (Lipinski definition) is 1. The minimum atomic E-state index is -0.235. The SMILES string of the molecule is COc1ccc(N(Cc2ccnc(-c3ccc(F)cc3)c2)C2CCNCC2)cc1.Cl.Cl. The van der Waals surface area contributed by atoms with Crippen molar-refractivity contribution in [3.8, 4) is 17.0 Å². The summed E-state index contributed by atoms with van der Waals surface area (Å²) in [6.45, 7) is 2.87. The van der Waals surface area contributed by atoms with Gasteiger partial charge in [-0.3, -0.25) is 4.98 Å². The Morgan fingerprint density at radius 2 is 1.68 bits per heavy atom. The molecular formula is C24H28Cl2FN3O. The van der Waals surface area contributed by atoms with Gasteiger partial charge in [-0.1, -0.05) is 0 Å². The lowest BCUT2D eigenvalue weighted by atomic mass is 10.0. The number of halogens is 3. The first-order valence-electron chi connectivity index (χ1n) is 10.1. The number of methoxy groups -OCH3 is 1. The number of piperidine rings is 1. The third-order valence-corrected chi connectivity index (χ3v) is 5.47. The van der Waals surface area contributed by atoms with Crippen LogP contribution in [0.4, 0.5) is 10.1 Å². The number of ether oxygens (including phenoxy) is 1. The van der Waals surface area contributed by atoms with Gasteiger partial charge < -0.3 is 15.0 Å². The fourth-order valence-electron chi connectivity index (χ4n) is 3.87. The molecule has 1 N–H and O–H groups in total. The summed E-state index contributed by atoms with van der Waals surface area (Å²) in [6.07, 6.45) is 4.06. The molecule has 1 aromatic heterocycles. The van der Waals surface area contributed by atoms with Crippen molar-refractivity contribution >= 4 is 30.5 Å². The molecule has 7 heteroatoms. The van der Waals surface area contributed by atoms with Crippen molar-refractivity contribution in [2.24, 2.45) is 0 Å². The summed E-state index contributed by atoms with van der Waals surface area (Å²) in [5, 5.41) is 3.45. The largest absolute Gasteiger partial charge is 0.497 e. The van der Waals surface area contributed by atoms with Crippen molar-refractivity contribution in [2.75, 3.05) is 25.1 Å². The van der Waals surface area contributed by atoms with Gasteiger partial charge >= 0.3 is 0 Å². The van der Waals surface area contributed by atoms with E-state index in [0.717, 1.165) is 49.5 Å². The molecule has 0 bridgehead atoms. The normalized spacial score (nSPS) is 13.6.